The van der Waals surface area contributed by atoms with Gasteiger partial charge in [-0.2, -0.15) is 0 Å². The minimum Gasteiger partial charge on any atom is -0.385 e. The second-order valence-electron chi connectivity index (χ2n) is 6.24. The maximum atomic E-state index is 12.1. The molecule has 24 heavy (non-hydrogen) atoms. The van der Waals surface area contributed by atoms with Crippen molar-refractivity contribution in [3.63, 3.8) is 0 Å². The Morgan fingerprint density at radius 3 is 2.71 bits per heavy atom. The molecule has 0 unspecified atom stereocenters. The van der Waals surface area contributed by atoms with Crippen LogP contribution < -0.4 is 5.32 Å². The second kappa shape index (κ2) is 9.62. The molecule has 1 aromatic carbocycles. The molecule has 0 aromatic heterocycles. The van der Waals surface area contributed by atoms with Gasteiger partial charge in [0.25, 0.3) is 0 Å². The summed E-state index contributed by atoms with van der Waals surface area (Å²) < 4.78 is 10.5. The summed E-state index contributed by atoms with van der Waals surface area (Å²) >= 11 is 12.5. The quantitative estimate of drug-likeness (QED) is 0.701. The fraction of sp³-hybridized carbons (Fsp3) is 0.611. The number of unbranched alkanes of at least 4 members (excludes halogenated alkanes) is 1. The third-order valence-corrected chi connectivity index (χ3v) is 5.13. The lowest BCUT2D eigenvalue weighted by molar-refractivity contribution is -0.121. The van der Waals surface area contributed by atoms with Gasteiger partial charge in [-0.25, -0.2) is 0 Å². The van der Waals surface area contributed by atoms with Gasteiger partial charge < -0.3 is 14.8 Å². The Morgan fingerprint density at radius 1 is 1.29 bits per heavy atom. The topological polar surface area (TPSA) is 47.6 Å². The van der Waals surface area contributed by atoms with Crippen LogP contribution in [0.5, 0.6) is 0 Å². The van der Waals surface area contributed by atoms with Crippen molar-refractivity contribution in [1.82, 2.24) is 5.32 Å². The number of methoxy groups -OCH3 is 1. The van der Waals surface area contributed by atoms with Gasteiger partial charge in [-0.15, -0.1) is 0 Å². The Bertz CT molecular complexity index is 545. The zero-order valence-corrected chi connectivity index (χ0v) is 15.6. The van der Waals surface area contributed by atoms with Crippen LogP contribution in [0.2, 0.25) is 10.0 Å². The number of rotatable bonds is 8. The molecule has 1 N–H and O–H groups in total. The normalized spacial score (nSPS) is 16.8. The molecule has 1 aliphatic heterocycles. The zero-order valence-electron chi connectivity index (χ0n) is 14.1. The number of ether oxygens (including phenoxy) is 2. The molecule has 134 valence electrons. The minimum absolute atomic E-state index is 0.0713. The number of amides is 1. The number of benzene rings is 1. The van der Waals surface area contributed by atoms with Crippen molar-refractivity contribution in [2.24, 2.45) is 0 Å². The summed E-state index contributed by atoms with van der Waals surface area (Å²) in [4.78, 5) is 12.1. The van der Waals surface area contributed by atoms with Gasteiger partial charge in [0.15, 0.2) is 0 Å². The van der Waals surface area contributed by atoms with Crippen LogP contribution in [-0.4, -0.2) is 39.4 Å². The van der Waals surface area contributed by atoms with Crippen molar-refractivity contribution in [1.29, 1.82) is 0 Å². The van der Waals surface area contributed by atoms with Crippen LogP contribution in [0.3, 0.4) is 0 Å². The lowest BCUT2D eigenvalue weighted by atomic mass is 9.74. The molecule has 0 bridgehead atoms. The first-order valence-corrected chi connectivity index (χ1v) is 9.12. The van der Waals surface area contributed by atoms with E-state index in [-0.39, 0.29) is 11.3 Å². The van der Waals surface area contributed by atoms with Crippen molar-refractivity contribution >= 4 is 29.1 Å². The van der Waals surface area contributed by atoms with E-state index in [1.807, 2.05) is 12.1 Å². The van der Waals surface area contributed by atoms with Crippen LogP contribution >= 0.6 is 23.2 Å². The second-order valence-corrected chi connectivity index (χ2v) is 7.09. The molecule has 0 radical (unpaired) electrons. The maximum absolute atomic E-state index is 12.1. The lowest BCUT2D eigenvalue weighted by Gasteiger charge is -2.38. The van der Waals surface area contributed by atoms with Crippen molar-refractivity contribution in [2.45, 2.75) is 37.5 Å². The Hall–Kier alpha value is -0.810. The van der Waals surface area contributed by atoms with E-state index in [9.17, 15) is 4.79 Å². The van der Waals surface area contributed by atoms with E-state index < -0.39 is 0 Å². The summed E-state index contributed by atoms with van der Waals surface area (Å²) in [5, 5.41) is 4.35. The van der Waals surface area contributed by atoms with E-state index >= 15 is 0 Å². The molecule has 1 saturated heterocycles. The summed E-state index contributed by atoms with van der Waals surface area (Å²) in [5.74, 6) is 0.0713. The summed E-state index contributed by atoms with van der Waals surface area (Å²) in [5.41, 5.74) is 0.846. The average molecular weight is 374 g/mol. The van der Waals surface area contributed by atoms with E-state index in [2.05, 4.69) is 5.32 Å². The molecule has 0 saturated carbocycles. The van der Waals surface area contributed by atoms with Crippen LogP contribution in [0.25, 0.3) is 0 Å². The SMILES string of the molecule is COCCCCC(=O)NCC1(c2ccc(Cl)cc2Cl)CCOCC1. The van der Waals surface area contributed by atoms with Gasteiger partial charge in [0, 0.05) is 55.4 Å². The molecule has 6 heteroatoms. The van der Waals surface area contributed by atoms with Gasteiger partial charge in [0.05, 0.1) is 0 Å². The Balaban J connectivity index is 2.01. The van der Waals surface area contributed by atoms with E-state index in [1.54, 1.807) is 13.2 Å². The maximum Gasteiger partial charge on any atom is 0.220 e. The van der Waals surface area contributed by atoms with E-state index in [4.69, 9.17) is 32.7 Å². The highest BCUT2D eigenvalue weighted by Gasteiger charge is 2.36. The molecule has 1 fully saturated rings. The molecular formula is C18H25Cl2NO3. The number of carbonyl (C=O) groups is 1. The largest absolute Gasteiger partial charge is 0.385 e. The monoisotopic (exact) mass is 373 g/mol. The van der Waals surface area contributed by atoms with Gasteiger partial charge in [-0.1, -0.05) is 29.3 Å². The predicted molar refractivity (Wildman–Crippen MR) is 96.9 cm³/mol. The summed E-state index contributed by atoms with van der Waals surface area (Å²) in [6.45, 7) is 2.60. The Morgan fingerprint density at radius 2 is 2.04 bits per heavy atom. The summed E-state index contributed by atoms with van der Waals surface area (Å²) in [6, 6.07) is 5.59. The van der Waals surface area contributed by atoms with E-state index in [0.29, 0.717) is 42.8 Å². The Kier molecular flexibility index (Phi) is 7.82. The van der Waals surface area contributed by atoms with Crippen LogP contribution in [0.1, 0.15) is 37.7 Å². The Labute approximate surface area is 153 Å². The van der Waals surface area contributed by atoms with Gasteiger partial charge in [-0.3, -0.25) is 4.79 Å². The standard InChI is InChI=1S/C18H25Cl2NO3/c1-23-9-3-2-4-17(22)21-13-18(7-10-24-11-8-18)15-6-5-14(19)12-16(15)20/h5-6,12H,2-4,7-11,13H2,1H3,(H,21,22). The van der Waals surface area contributed by atoms with E-state index in [1.165, 1.54) is 0 Å². The number of nitrogens with one attached hydrogen (secondary N) is 1. The van der Waals surface area contributed by atoms with Crippen molar-refractivity contribution in [3.8, 4) is 0 Å². The van der Waals surface area contributed by atoms with Gasteiger partial charge in [-0.05, 0) is 43.4 Å². The fourth-order valence-electron chi connectivity index (χ4n) is 3.11. The number of hydrogen-bond acceptors (Lipinski definition) is 3. The third-order valence-electron chi connectivity index (χ3n) is 4.58. The summed E-state index contributed by atoms with van der Waals surface area (Å²) in [7, 11) is 1.67. The molecule has 1 heterocycles. The molecular weight excluding hydrogens is 349 g/mol. The van der Waals surface area contributed by atoms with E-state index in [0.717, 1.165) is 31.2 Å². The molecule has 0 spiro atoms. The molecule has 0 atom stereocenters. The smallest absolute Gasteiger partial charge is 0.220 e. The van der Waals surface area contributed by atoms with Gasteiger partial charge >= 0.3 is 0 Å². The fourth-order valence-corrected chi connectivity index (χ4v) is 3.72. The number of hydrogen-bond donors (Lipinski definition) is 1. The van der Waals surface area contributed by atoms with Crippen LogP contribution in [-0.2, 0) is 19.7 Å². The molecule has 1 amide bonds. The molecule has 1 aliphatic rings. The number of halogens is 2. The van der Waals surface area contributed by atoms with Crippen molar-refractivity contribution < 1.29 is 14.3 Å². The lowest BCUT2D eigenvalue weighted by Crippen LogP contribution is -2.44. The van der Waals surface area contributed by atoms with Gasteiger partial charge in [0.1, 0.15) is 0 Å². The predicted octanol–water partition coefficient (Wildman–Crippen LogP) is 3.97. The van der Waals surface area contributed by atoms with Gasteiger partial charge in [0.2, 0.25) is 5.91 Å². The van der Waals surface area contributed by atoms with Crippen LogP contribution in [0, 0.1) is 0 Å². The highest BCUT2D eigenvalue weighted by atomic mass is 35.5. The van der Waals surface area contributed by atoms with Crippen molar-refractivity contribution in [3.05, 3.63) is 33.8 Å². The molecule has 1 aromatic rings. The number of carbonyl (C=O) groups excluding carboxylic acids is 1. The highest BCUT2D eigenvalue weighted by molar-refractivity contribution is 6.35. The zero-order chi connectivity index (χ0) is 17.4. The first kappa shape index (κ1) is 19.5. The van der Waals surface area contributed by atoms with Crippen molar-refractivity contribution in [2.75, 3.05) is 33.5 Å². The molecule has 0 aliphatic carbocycles. The molecule has 4 nitrogen and oxygen atoms in total. The minimum atomic E-state index is -0.192. The third kappa shape index (κ3) is 5.35. The average Bonchev–Trinajstić information content (AvgIpc) is 2.58. The highest BCUT2D eigenvalue weighted by Crippen LogP contribution is 2.39. The van der Waals surface area contributed by atoms with Crippen LogP contribution in [0.15, 0.2) is 18.2 Å². The first-order valence-electron chi connectivity index (χ1n) is 8.36. The first-order chi connectivity index (χ1) is 11.6. The molecule has 2 rings (SSSR count). The van der Waals surface area contributed by atoms with Crippen LogP contribution in [0.4, 0.5) is 0 Å². The summed E-state index contributed by atoms with van der Waals surface area (Å²) in [6.07, 6.45) is 3.91.